The van der Waals surface area contributed by atoms with Crippen LogP contribution in [0.5, 0.6) is 5.75 Å². The summed E-state index contributed by atoms with van der Waals surface area (Å²) in [5.41, 5.74) is 0.319. The Bertz CT molecular complexity index is 1350. The number of thiophene rings is 1. The summed E-state index contributed by atoms with van der Waals surface area (Å²) in [6.45, 7) is 1.84. The lowest BCUT2D eigenvalue weighted by Crippen LogP contribution is -2.25. The number of rotatable bonds is 6. The zero-order valence-electron chi connectivity index (χ0n) is 17.2. The molecule has 0 saturated carbocycles. The van der Waals surface area contributed by atoms with Gasteiger partial charge in [0.1, 0.15) is 10.8 Å². The highest BCUT2D eigenvalue weighted by Crippen LogP contribution is 2.31. The Morgan fingerprint density at radius 3 is 2.50 bits per heavy atom. The van der Waals surface area contributed by atoms with Crippen molar-refractivity contribution in [3.05, 3.63) is 75.8 Å². The molecule has 0 radical (unpaired) electrons. The van der Waals surface area contributed by atoms with Crippen LogP contribution in [0.3, 0.4) is 0 Å². The van der Waals surface area contributed by atoms with E-state index in [1.165, 1.54) is 19.5 Å². The third-order valence-corrected chi connectivity index (χ3v) is 5.50. The van der Waals surface area contributed by atoms with Crippen molar-refractivity contribution >= 4 is 39.0 Å². The highest BCUT2D eigenvalue weighted by molar-refractivity contribution is 7.16. The summed E-state index contributed by atoms with van der Waals surface area (Å²) in [7, 11) is 1.54. The Labute approximate surface area is 186 Å². The van der Waals surface area contributed by atoms with E-state index in [4.69, 9.17) is 9.47 Å². The van der Waals surface area contributed by atoms with Gasteiger partial charge < -0.3 is 14.8 Å². The summed E-state index contributed by atoms with van der Waals surface area (Å²) in [5.74, 6) is -0.458. The number of hydrogen-bond donors (Lipinski definition) is 1. The molecule has 1 N–H and O–H groups in total. The van der Waals surface area contributed by atoms with Crippen LogP contribution in [0.4, 0.5) is 5.00 Å². The van der Waals surface area contributed by atoms with Crippen LogP contribution in [0.1, 0.15) is 27.8 Å². The molecule has 0 aliphatic rings. The molecular formula is C22H18N4O5S. The van der Waals surface area contributed by atoms with Gasteiger partial charge in [-0.1, -0.05) is 0 Å². The fraction of sp³-hybridized carbons (Fsp3) is 0.136. The maximum Gasteiger partial charge on any atom is 0.359 e. The molecule has 3 aromatic heterocycles. The van der Waals surface area contributed by atoms with Gasteiger partial charge in [-0.3, -0.25) is 14.6 Å². The molecule has 9 nitrogen and oxygen atoms in total. The van der Waals surface area contributed by atoms with Gasteiger partial charge in [0.25, 0.3) is 11.5 Å². The van der Waals surface area contributed by atoms with E-state index in [2.05, 4.69) is 15.4 Å². The molecule has 0 bridgehead atoms. The number of benzene rings is 1. The SMILES string of the molecule is CCOC(=O)c1nn(-c2ccc(OC)cc2)c(=O)c2c(NC(=O)c3ccncc3)scc12. The zero-order chi connectivity index (χ0) is 22.7. The van der Waals surface area contributed by atoms with Gasteiger partial charge in [-0.15, -0.1) is 11.3 Å². The van der Waals surface area contributed by atoms with E-state index >= 15 is 0 Å². The number of carbonyl (C=O) groups excluding carboxylic acids is 2. The molecule has 32 heavy (non-hydrogen) atoms. The van der Waals surface area contributed by atoms with Crippen molar-refractivity contribution in [2.24, 2.45) is 0 Å². The van der Waals surface area contributed by atoms with Crippen molar-refractivity contribution in [3.63, 3.8) is 0 Å². The molecule has 0 atom stereocenters. The van der Waals surface area contributed by atoms with Crippen molar-refractivity contribution < 1.29 is 19.1 Å². The topological polar surface area (TPSA) is 112 Å². The quantitative estimate of drug-likeness (QED) is 0.449. The summed E-state index contributed by atoms with van der Waals surface area (Å²) < 4.78 is 11.4. The van der Waals surface area contributed by atoms with Crippen molar-refractivity contribution in [3.8, 4) is 11.4 Å². The Morgan fingerprint density at radius 2 is 1.84 bits per heavy atom. The van der Waals surface area contributed by atoms with Crippen LogP contribution < -0.4 is 15.6 Å². The first kappa shape index (κ1) is 21.2. The predicted octanol–water partition coefficient (Wildman–Crippen LogP) is 3.28. The third kappa shape index (κ3) is 3.95. The van der Waals surface area contributed by atoms with E-state index in [0.29, 0.717) is 27.4 Å². The summed E-state index contributed by atoms with van der Waals surface area (Å²) >= 11 is 1.13. The standard InChI is InChI=1S/C22H18N4O5S/c1-3-31-22(29)18-16-12-32-20(24-19(27)13-8-10-23-11-9-13)17(16)21(28)26(25-18)14-4-6-15(30-2)7-5-14/h4-12H,3H2,1-2H3,(H,24,27). The van der Waals surface area contributed by atoms with E-state index in [9.17, 15) is 14.4 Å². The first-order chi connectivity index (χ1) is 15.5. The molecule has 4 rings (SSSR count). The van der Waals surface area contributed by atoms with Crippen LogP contribution in [0.2, 0.25) is 0 Å². The van der Waals surface area contributed by atoms with Gasteiger partial charge in [0, 0.05) is 28.7 Å². The van der Waals surface area contributed by atoms with Gasteiger partial charge in [0.15, 0.2) is 5.69 Å². The first-order valence-corrected chi connectivity index (χ1v) is 10.5. The van der Waals surface area contributed by atoms with E-state index in [0.717, 1.165) is 16.0 Å². The third-order valence-electron chi connectivity index (χ3n) is 4.61. The van der Waals surface area contributed by atoms with Gasteiger partial charge in [-0.05, 0) is 43.3 Å². The molecule has 0 aliphatic carbocycles. The molecule has 0 unspecified atom stereocenters. The minimum atomic E-state index is -0.662. The maximum atomic E-state index is 13.4. The van der Waals surface area contributed by atoms with Gasteiger partial charge >= 0.3 is 5.97 Å². The van der Waals surface area contributed by atoms with Crippen LogP contribution >= 0.6 is 11.3 Å². The molecule has 0 fully saturated rings. The Hall–Kier alpha value is -4.05. The second kappa shape index (κ2) is 8.98. The summed E-state index contributed by atoms with van der Waals surface area (Å²) in [5, 5.41) is 9.43. The first-order valence-electron chi connectivity index (χ1n) is 9.61. The van der Waals surface area contributed by atoms with Gasteiger partial charge in [-0.2, -0.15) is 9.78 Å². The molecule has 3 heterocycles. The van der Waals surface area contributed by atoms with Gasteiger partial charge in [-0.25, -0.2) is 4.79 Å². The molecular weight excluding hydrogens is 432 g/mol. The van der Waals surface area contributed by atoms with E-state index in [1.807, 2.05) is 0 Å². The number of aromatic nitrogens is 3. The average Bonchev–Trinajstić information content (AvgIpc) is 3.24. The molecule has 0 aliphatic heterocycles. The number of hydrogen-bond acceptors (Lipinski definition) is 8. The van der Waals surface area contributed by atoms with Crippen molar-refractivity contribution in [1.82, 2.24) is 14.8 Å². The minimum Gasteiger partial charge on any atom is -0.497 e. The largest absolute Gasteiger partial charge is 0.497 e. The predicted molar refractivity (Wildman–Crippen MR) is 120 cm³/mol. The minimum absolute atomic E-state index is 0.0158. The summed E-state index contributed by atoms with van der Waals surface area (Å²) in [6, 6.07) is 9.78. The van der Waals surface area contributed by atoms with Crippen molar-refractivity contribution in [2.45, 2.75) is 6.92 Å². The fourth-order valence-electron chi connectivity index (χ4n) is 3.07. The molecule has 10 heteroatoms. The lowest BCUT2D eigenvalue weighted by molar-refractivity contribution is 0.0520. The van der Waals surface area contributed by atoms with E-state index in [-0.39, 0.29) is 17.7 Å². The lowest BCUT2D eigenvalue weighted by Gasteiger charge is -2.10. The molecule has 0 saturated heterocycles. The Morgan fingerprint density at radius 1 is 1.12 bits per heavy atom. The number of methoxy groups -OCH3 is 1. The van der Waals surface area contributed by atoms with Crippen LogP contribution in [0, 0.1) is 0 Å². The second-order valence-corrected chi connectivity index (χ2v) is 7.41. The molecule has 162 valence electrons. The molecule has 0 spiro atoms. The molecule has 1 aromatic carbocycles. The number of anilines is 1. The normalized spacial score (nSPS) is 10.7. The summed E-state index contributed by atoms with van der Waals surface area (Å²) in [4.78, 5) is 42.5. The number of nitrogens with zero attached hydrogens (tertiary/aromatic N) is 3. The van der Waals surface area contributed by atoms with Crippen molar-refractivity contribution in [2.75, 3.05) is 19.0 Å². The Balaban J connectivity index is 1.88. The number of fused-ring (bicyclic) bond motifs is 1. The highest BCUT2D eigenvalue weighted by Gasteiger charge is 2.23. The molecule has 1 amide bonds. The second-order valence-electron chi connectivity index (χ2n) is 6.53. The number of esters is 1. The number of carbonyl (C=O) groups is 2. The Kier molecular flexibility index (Phi) is 5.95. The van der Waals surface area contributed by atoms with Gasteiger partial charge in [0.2, 0.25) is 0 Å². The monoisotopic (exact) mass is 450 g/mol. The van der Waals surface area contributed by atoms with Gasteiger partial charge in [0.05, 0.1) is 24.8 Å². The number of pyridine rings is 1. The highest BCUT2D eigenvalue weighted by atomic mass is 32.1. The van der Waals surface area contributed by atoms with Crippen molar-refractivity contribution in [1.29, 1.82) is 0 Å². The fourth-order valence-corrected chi connectivity index (χ4v) is 4.00. The summed E-state index contributed by atoms with van der Waals surface area (Å²) in [6.07, 6.45) is 3.00. The number of ether oxygens (including phenoxy) is 2. The molecule has 4 aromatic rings. The zero-order valence-corrected chi connectivity index (χ0v) is 18.0. The number of nitrogens with one attached hydrogen (secondary N) is 1. The van der Waals surface area contributed by atoms with E-state index in [1.54, 1.807) is 48.7 Å². The maximum absolute atomic E-state index is 13.4. The van der Waals surface area contributed by atoms with Crippen LogP contribution in [0.15, 0.2) is 59.0 Å². The van der Waals surface area contributed by atoms with Crippen LogP contribution in [0.25, 0.3) is 16.5 Å². The number of amides is 1. The van der Waals surface area contributed by atoms with E-state index < -0.39 is 17.4 Å². The lowest BCUT2D eigenvalue weighted by atomic mass is 10.2. The van der Waals surface area contributed by atoms with Crippen LogP contribution in [-0.2, 0) is 4.74 Å². The van der Waals surface area contributed by atoms with Crippen LogP contribution in [-0.4, -0.2) is 40.4 Å². The average molecular weight is 450 g/mol. The smallest absolute Gasteiger partial charge is 0.359 e.